The van der Waals surface area contributed by atoms with Crippen molar-refractivity contribution in [1.29, 1.82) is 0 Å². The van der Waals surface area contributed by atoms with Crippen LogP contribution in [0.1, 0.15) is 10.8 Å². The van der Waals surface area contributed by atoms with Crippen LogP contribution in [0.4, 0.5) is 0 Å². The minimum absolute atomic E-state index is 0.274. The SMILES string of the molecule is S[C@@H]1COc2ccccc21. The molecular weight excluding hydrogens is 144 g/mol. The van der Waals surface area contributed by atoms with E-state index in [1.807, 2.05) is 18.2 Å². The molecule has 0 aliphatic carbocycles. The molecule has 1 aromatic carbocycles. The van der Waals surface area contributed by atoms with E-state index in [0.717, 1.165) is 5.75 Å². The Bertz CT molecular complexity index is 247. The minimum atomic E-state index is 0.274. The van der Waals surface area contributed by atoms with Crippen molar-refractivity contribution in [2.24, 2.45) is 0 Å². The Labute approximate surface area is 65.4 Å². The molecule has 0 N–H and O–H groups in total. The van der Waals surface area contributed by atoms with Crippen molar-refractivity contribution >= 4 is 12.6 Å². The Morgan fingerprint density at radius 1 is 1.40 bits per heavy atom. The highest BCUT2D eigenvalue weighted by Crippen LogP contribution is 2.35. The van der Waals surface area contributed by atoms with Crippen molar-refractivity contribution in [1.82, 2.24) is 0 Å². The summed E-state index contributed by atoms with van der Waals surface area (Å²) in [5.74, 6) is 0.988. The predicted octanol–water partition coefficient (Wildman–Crippen LogP) is 2.05. The molecule has 1 atom stereocenters. The van der Waals surface area contributed by atoms with Crippen molar-refractivity contribution < 1.29 is 4.74 Å². The molecule has 1 aromatic rings. The summed E-state index contributed by atoms with van der Waals surface area (Å²) in [5, 5.41) is 0.274. The Balaban J connectivity index is 2.51. The van der Waals surface area contributed by atoms with Gasteiger partial charge in [-0.05, 0) is 6.07 Å². The summed E-state index contributed by atoms with van der Waals surface area (Å²) >= 11 is 4.35. The molecule has 2 heteroatoms. The van der Waals surface area contributed by atoms with E-state index in [4.69, 9.17) is 4.74 Å². The maximum absolute atomic E-state index is 5.33. The van der Waals surface area contributed by atoms with Crippen LogP contribution in [0, 0.1) is 0 Å². The summed E-state index contributed by atoms with van der Waals surface area (Å²) in [4.78, 5) is 0. The molecule has 0 saturated carbocycles. The zero-order chi connectivity index (χ0) is 6.97. The van der Waals surface area contributed by atoms with Gasteiger partial charge in [-0.3, -0.25) is 0 Å². The van der Waals surface area contributed by atoms with E-state index >= 15 is 0 Å². The number of fused-ring (bicyclic) bond motifs is 1. The van der Waals surface area contributed by atoms with E-state index in [2.05, 4.69) is 18.7 Å². The highest BCUT2D eigenvalue weighted by Gasteiger charge is 2.18. The molecule has 1 nitrogen and oxygen atoms in total. The van der Waals surface area contributed by atoms with Crippen LogP contribution in [-0.2, 0) is 0 Å². The van der Waals surface area contributed by atoms with Crippen molar-refractivity contribution in [2.75, 3.05) is 6.61 Å². The van der Waals surface area contributed by atoms with E-state index in [1.165, 1.54) is 5.56 Å². The van der Waals surface area contributed by atoms with Crippen LogP contribution in [0.25, 0.3) is 0 Å². The Morgan fingerprint density at radius 2 is 2.20 bits per heavy atom. The van der Waals surface area contributed by atoms with Gasteiger partial charge in [0.05, 0.1) is 5.25 Å². The minimum Gasteiger partial charge on any atom is -0.492 e. The van der Waals surface area contributed by atoms with Crippen LogP contribution < -0.4 is 4.74 Å². The van der Waals surface area contributed by atoms with Gasteiger partial charge in [-0.15, -0.1) is 0 Å². The first-order chi connectivity index (χ1) is 4.88. The molecule has 0 unspecified atom stereocenters. The largest absolute Gasteiger partial charge is 0.492 e. The Hall–Kier alpha value is -0.630. The smallest absolute Gasteiger partial charge is 0.123 e. The molecule has 0 bridgehead atoms. The maximum atomic E-state index is 5.33. The summed E-state index contributed by atoms with van der Waals surface area (Å²) < 4.78 is 5.33. The average Bonchev–Trinajstić information content (AvgIpc) is 2.34. The maximum Gasteiger partial charge on any atom is 0.123 e. The van der Waals surface area contributed by atoms with Gasteiger partial charge in [0.1, 0.15) is 12.4 Å². The van der Waals surface area contributed by atoms with Crippen LogP contribution in [0.2, 0.25) is 0 Å². The summed E-state index contributed by atoms with van der Waals surface area (Å²) in [7, 11) is 0. The van der Waals surface area contributed by atoms with Crippen molar-refractivity contribution in [3.8, 4) is 5.75 Å². The molecule has 1 aliphatic heterocycles. The lowest BCUT2D eigenvalue weighted by atomic mass is 10.2. The molecule has 0 saturated heterocycles. The topological polar surface area (TPSA) is 9.23 Å². The van der Waals surface area contributed by atoms with Crippen LogP contribution in [0.15, 0.2) is 24.3 Å². The van der Waals surface area contributed by atoms with Crippen molar-refractivity contribution in [3.05, 3.63) is 29.8 Å². The van der Waals surface area contributed by atoms with E-state index in [9.17, 15) is 0 Å². The van der Waals surface area contributed by atoms with E-state index in [1.54, 1.807) is 0 Å². The highest BCUT2D eigenvalue weighted by atomic mass is 32.1. The summed E-state index contributed by atoms with van der Waals surface area (Å²) in [6.07, 6.45) is 0. The zero-order valence-corrected chi connectivity index (χ0v) is 6.34. The first kappa shape index (κ1) is 6.10. The number of hydrogen-bond donors (Lipinski definition) is 1. The normalized spacial score (nSPS) is 21.9. The number of ether oxygens (including phenoxy) is 1. The summed E-state index contributed by atoms with van der Waals surface area (Å²) in [6.45, 7) is 0.711. The monoisotopic (exact) mass is 152 g/mol. The second-order valence-corrected chi connectivity index (χ2v) is 2.99. The third kappa shape index (κ3) is 0.797. The summed E-state index contributed by atoms with van der Waals surface area (Å²) in [6, 6.07) is 8.02. The number of rotatable bonds is 0. The van der Waals surface area contributed by atoms with E-state index in [0.29, 0.717) is 6.61 Å². The fourth-order valence-corrected chi connectivity index (χ4v) is 1.43. The fourth-order valence-electron chi connectivity index (χ4n) is 1.15. The number of hydrogen-bond acceptors (Lipinski definition) is 2. The first-order valence-corrected chi connectivity index (χ1v) is 3.79. The van der Waals surface area contributed by atoms with Gasteiger partial charge in [-0.2, -0.15) is 12.6 Å². The molecule has 1 heterocycles. The Morgan fingerprint density at radius 3 is 3.00 bits per heavy atom. The lowest BCUT2D eigenvalue weighted by Gasteiger charge is -1.95. The molecule has 0 radical (unpaired) electrons. The van der Waals surface area contributed by atoms with E-state index < -0.39 is 0 Å². The van der Waals surface area contributed by atoms with Crippen LogP contribution in [0.3, 0.4) is 0 Å². The van der Waals surface area contributed by atoms with Crippen LogP contribution >= 0.6 is 12.6 Å². The predicted molar refractivity (Wildman–Crippen MR) is 43.7 cm³/mol. The van der Waals surface area contributed by atoms with Crippen LogP contribution in [-0.4, -0.2) is 6.61 Å². The summed E-state index contributed by atoms with van der Waals surface area (Å²) in [5.41, 5.74) is 1.21. The number of para-hydroxylation sites is 1. The van der Waals surface area contributed by atoms with Gasteiger partial charge in [-0.25, -0.2) is 0 Å². The first-order valence-electron chi connectivity index (χ1n) is 3.28. The van der Waals surface area contributed by atoms with Gasteiger partial charge < -0.3 is 4.74 Å². The lowest BCUT2D eigenvalue weighted by Crippen LogP contribution is -1.90. The highest BCUT2D eigenvalue weighted by molar-refractivity contribution is 7.80. The third-order valence-electron chi connectivity index (χ3n) is 1.67. The molecule has 10 heavy (non-hydrogen) atoms. The molecule has 52 valence electrons. The average molecular weight is 152 g/mol. The number of thiol groups is 1. The molecule has 0 amide bonds. The van der Waals surface area contributed by atoms with Gasteiger partial charge in [0.2, 0.25) is 0 Å². The van der Waals surface area contributed by atoms with Gasteiger partial charge in [0.15, 0.2) is 0 Å². The second kappa shape index (κ2) is 2.20. The molecule has 1 aliphatic rings. The number of benzene rings is 1. The molecular formula is C8H8OS. The van der Waals surface area contributed by atoms with E-state index in [-0.39, 0.29) is 5.25 Å². The van der Waals surface area contributed by atoms with Gasteiger partial charge >= 0.3 is 0 Å². The quantitative estimate of drug-likeness (QED) is 0.560. The molecule has 0 spiro atoms. The van der Waals surface area contributed by atoms with Crippen LogP contribution in [0.5, 0.6) is 5.75 Å². The van der Waals surface area contributed by atoms with Crippen molar-refractivity contribution in [3.63, 3.8) is 0 Å². The molecule has 0 aromatic heterocycles. The molecule has 2 rings (SSSR count). The zero-order valence-electron chi connectivity index (χ0n) is 5.45. The fraction of sp³-hybridized carbons (Fsp3) is 0.250. The standard InChI is InChI=1S/C8H8OS/c10-8-5-9-7-4-2-1-3-6(7)8/h1-4,8,10H,5H2/t8-/m1/s1. The van der Waals surface area contributed by atoms with Gasteiger partial charge in [-0.1, -0.05) is 18.2 Å². The second-order valence-electron chi connectivity index (χ2n) is 2.36. The third-order valence-corrected chi connectivity index (χ3v) is 2.10. The van der Waals surface area contributed by atoms with Gasteiger partial charge in [0, 0.05) is 5.56 Å². The van der Waals surface area contributed by atoms with Crippen molar-refractivity contribution in [2.45, 2.75) is 5.25 Å². The lowest BCUT2D eigenvalue weighted by molar-refractivity contribution is 0.355. The van der Waals surface area contributed by atoms with Gasteiger partial charge in [0.25, 0.3) is 0 Å². The Kier molecular flexibility index (Phi) is 1.34. The molecule has 0 fully saturated rings.